The van der Waals surface area contributed by atoms with Crippen molar-refractivity contribution in [2.45, 2.75) is 26.2 Å². The van der Waals surface area contributed by atoms with Gasteiger partial charge in [0.1, 0.15) is 6.42 Å². The van der Waals surface area contributed by atoms with Gasteiger partial charge in [-0.2, -0.15) is 0 Å². The van der Waals surface area contributed by atoms with E-state index in [1.165, 1.54) is 5.56 Å². The Morgan fingerprint density at radius 2 is 1.29 bits per heavy atom. The van der Waals surface area contributed by atoms with Crippen molar-refractivity contribution >= 4 is 6.16 Å². The monoisotopic (exact) mass is 282 g/mol. The van der Waals surface area contributed by atoms with Gasteiger partial charge in [-0.25, -0.2) is 0 Å². The molecule has 0 radical (unpaired) electrons. The van der Waals surface area contributed by atoms with Crippen LogP contribution in [0.1, 0.15) is 37.5 Å². The maximum absolute atomic E-state index is 8.33. The van der Waals surface area contributed by atoms with Crippen molar-refractivity contribution < 1.29 is 15.0 Å². The minimum absolute atomic E-state index is 0.214. The van der Waals surface area contributed by atoms with Gasteiger partial charge in [-0.1, -0.05) is 20.8 Å². The first-order valence-corrected chi connectivity index (χ1v) is 6.59. The molecule has 0 aliphatic carbocycles. The van der Waals surface area contributed by atoms with Gasteiger partial charge in [-0.3, -0.25) is 0 Å². The molecule has 0 aliphatic rings. The molecular weight excluding hydrogens is 264 g/mol. The first-order chi connectivity index (χ1) is 9.79. The molecule has 3 heteroatoms. The molecule has 3 nitrogen and oxygen atoms in total. The van der Waals surface area contributed by atoms with E-state index in [0.29, 0.717) is 0 Å². The van der Waals surface area contributed by atoms with E-state index in [2.05, 4.69) is 63.6 Å². The molecule has 0 N–H and O–H groups in total. The number of benzene rings is 2. The predicted molar refractivity (Wildman–Crippen MR) is 78.4 cm³/mol. The number of carbonyl (C=O) groups excluding carboxylic acids is 1. The molecule has 2 aromatic carbocycles. The van der Waals surface area contributed by atoms with Crippen LogP contribution in [0.4, 0.5) is 4.79 Å². The molecule has 0 fully saturated rings. The van der Waals surface area contributed by atoms with E-state index in [1.54, 1.807) is 0 Å². The highest BCUT2D eigenvalue weighted by molar-refractivity contribution is 5.47. The average Bonchev–Trinajstić information content (AvgIpc) is 2.39. The molecule has 108 valence electrons. The van der Waals surface area contributed by atoms with Gasteiger partial charge in [0.15, 0.2) is 0 Å². The predicted octanol–water partition coefficient (Wildman–Crippen LogP) is 2.01. The van der Waals surface area contributed by atoms with Crippen LogP contribution < -0.4 is 10.2 Å². The zero-order chi connectivity index (χ0) is 15.9. The molecule has 2 aromatic rings. The molecular formula is C18H18O3. The normalized spacial score (nSPS) is 10.0. The highest BCUT2D eigenvalue weighted by Gasteiger charge is 2.18. The smallest absolute Gasteiger partial charge is 0.225 e. The van der Waals surface area contributed by atoms with Crippen LogP contribution in [0.15, 0.2) is 54.6 Å². The third kappa shape index (κ3) is 6.46. The summed E-state index contributed by atoms with van der Waals surface area (Å²) in [4.78, 5) is 8.33. The fraction of sp³-hybridized carbons (Fsp3) is 0.222. The Labute approximate surface area is 125 Å². The van der Waals surface area contributed by atoms with Crippen LogP contribution in [0.5, 0.6) is 0 Å². The Bertz CT molecular complexity index is 547. The summed E-state index contributed by atoms with van der Waals surface area (Å²) < 4.78 is 0. The fourth-order valence-electron chi connectivity index (χ4n) is 1.74. The van der Waals surface area contributed by atoms with Crippen molar-refractivity contribution in [3.63, 3.8) is 0 Å². The molecule has 0 bridgehead atoms. The van der Waals surface area contributed by atoms with Gasteiger partial charge < -0.3 is 15.0 Å². The first kappa shape index (κ1) is 16.5. The van der Waals surface area contributed by atoms with Gasteiger partial charge in [-0.15, -0.1) is 0 Å². The highest BCUT2D eigenvalue weighted by atomic mass is 16.6. The van der Waals surface area contributed by atoms with Gasteiger partial charge in [-0.05, 0) is 23.2 Å². The third-order valence-corrected chi connectivity index (χ3v) is 2.81. The summed E-state index contributed by atoms with van der Waals surface area (Å²) in [5, 5.41) is 16.7. The Kier molecular flexibility index (Phi) is 5.77. The van der Waals surface area contributed by atoms with E-state index in [4.69, 9.17) is 15.0 Å². The minimum Gasteiger partial charge on any atom is -0.652 e. The van der Waals surface area contributed by atoms with Gasteiger partial charge >= 0.3 is 0 Å². The summed E-state index contributed by atoms with van der Waals surface area (Å²) in [6.07, 6.45) is 1.05. The van der Waals surface area contributed by atoms with E-state index in [-0.39, 0.29) is 5.41 Å². The SMILES string of the molecule is CC(C)(C)c1ccc([C+2]c2ccccc2)cc1.O=C([O-])[O-]. The molecule has 21 heavy (non-hydrogen) atoms. The van der Waals surface area contributed by atoms with Crippen molar-refractivity contribution in [1.29, 1.82) is 0 Å². The zero-order valence-electron chi connectivity index (χ0n) is 12.4. The largest absolute Gasteiger partial charge is 0.652 e. The second kappa shape index (κ2) is 7.32. The molecule has 0 aliphatic heterocycles. The van der Waals surface area contributed by atoms with Gasteiger partial charge in [0.05, 0.1) is 24.3 Å². The van der Waals surface area contributed by atoms with E-state index in [9.17, 15) is 0 Å². The molecule has 0 aromatic heterocycles. The first-order valence-electron chi connectivity index (χ1n) is 6.59. The molecule has 0 atom stereocenters. The van der Waals surface area contributed by atoms with Crippen LogP contribution >= 0.6 is 0 Å². The molecule has 2 rings (SSSR count). The summed E-state index contributed by atoms with van der Waals surface area (Å²) in [6, 6.07) is 18.9. The van der Waals surface area contributed by atoms with Crippen molar-refractivity contribution in [2.75, 3.05) is 0 Å². The van der Waals surface area contributed by atoms with E-state index in [1.807, 2.05) is 18.2 Å². The third-order valence-electron chi connectivity index (χ3n) is 2.81. The maximum Gasteiger partial charge on any atom is 0.225 e. The molecule has 0 amide bonds. The lowest BCUT2D eigenvalue weighted by atomic mass is 9.86. The lowest BCUT2D eigenvalue weighted by Gasteiger charge is -2.16. The topological polar surface area (TPSA) is 63.2 Å². The Morgan fingerprint density at radius 3 is 1.71 bits per heavy atom. The highest BCUT2D eigenvalue weighted by Crippen LogP contribution is 2.23. The number of hydrogen-bond acceptors (Lipinski definition) is 3. The number of carbonyl (C=O) groups is 1. The van der Waals surface area contributed by atoms with Crippen molar-refractivity contribution in [1.82, 2.24) is 0 Å². The van der Waals surface area contributed by atoms with Crippen LogP contribution in [0.3, 0.4) is 0 Å². The number of hydrogen-bond donors (Lipinski definition) is 0. The number of carboxylic acid groups (broad SMARTS) is 2. The van der Waals surface area contributed by atoms with Crippen LogP contribution in [0.25, 0.3) is 0 Å². The quantitative estimate of drug-likeness (QED) is 0.846. The summed E-state index contributed by atoms with van der Waals surface area (Å²) in [5.41, 5.74) is 3.82. The second-order valence-corrected chi connectivity index (χ2v) is 5.57. The van der Waals surface area contributed by atoms with E-state index in [0.717, 1.165) is 11.1 Å². The van der Waals surface area contributed by atoms with Gasteiger partial charge in [0.25, 0.3) is 0 Å². The van der Waals surface area contributed by atoms with Crippen LogP contribution in [-0.2, 0) is 5.41 Å². The van der Waals surface area contributed by atoms with Gasteiger partial charge in [0, 0.05) is 24.3 Å². The van der Waals surface area contributed by atoms with Crippen molar-refractivity contribution in [3.05, 3.63) is 77.7 Å². The minimum atomic E-state index is -2.33. The van der Waals surface area contributed by atoms with E-state index < -0.39 is 6.16 Å². The van der Waals surface area contributed by atoms with Crippen molar-refractivity contribution in [2.24, 2.45) is 0 Å². The Balaban J connectivity index is 0.000000491. The summed E-state index contributed by atoms with van der Waals surface area (Å²) in [7, 11) is 0. The molecule has 0 spiro atoms. The fourth-order valence-corrected chi connectivity index (χ4v) is 1.74. The maximum atomic E-state index is 8.33. The van der Waals surface area contributed by atoms with Gasteiger partial charge in [0.2, 0.25) is 11.1 Å². The van der Waals surface area contributed by atoms with Crippen LogP contribution in [0.2, 0.25) is 0 Å². The Morgan fingerprint density at radius 1 is 0.857 bits per heavy atom. The summed E-state index contributed by atoms with van der Waals surface area (Å²) in [5.74, 6) is 0. The average molecular weight is 282 g/mol. The standard InChI is InChI=1S/C17H18.CH2O3/c1-17(2,3)16-11-9-15(10-12-16)13-14-7-5-4-6-8-14;2-1(3)4/h4-12H,1-3H3;(H2,2,3,4)/q+2;/p-2. The second-order valence-electron chi connectivity index (χ2n) is 5.57. The lowest BCUT2D eigenvalue weighted by Crippen LogP contribution is -2.37. The zero-order valence-corrected chi connectivity index (χ0v) is 12.4. The Hall–Kier alpha value is -2.51. The summed E-state index contributed by atoms with van der Waals surface area (Å²) >= 11 is 0. The summed E-state index contributed by atoms with van der Waals surface area (Å²) in [6.45, 7) is 6.69. The molecule has 0 saturated heterocycles. The van der Waals surface area contributed by atoms with E-state index >= 15 is 0 Å². The molecule has 0 heterocycles. The van der Waals surface area contributed by atoms with Crippen LogP contribution in [0, 0.1) is 6.42 Å². The molecule has 0 saturated carbocycles. The lowest BCUT2D eigenvalue weighted by molar-refractivity contribution is -0.415. The van der Waals surface area contributed by atoms with Crippen LogP contribution in [-0.4, -0.2) is 6.16 Å². The number of rotatable bonds is 2. The molecule has 0 unspecified atom stereocenters. The van der Waals surface area contributed by atoms with Crippen molar-refractivity contribution in [3.8, 4) is 0 Å².